The molecule has 0 fully saturated rings. The molecule has 0 saturated heterocycles. The summed E-state index contributed by atoms with van der Waals surface area (Å²) in [5.41, 5.74) is -0.308. The molecule has 0 saturated carbocycles. The zero-order valence-electron chi connectivity index (χ0n) is 6.24. The molecule has 0 aliphatic rings. The number of rotatable bonds is 0. The summed E-state index contributed by atoms with van der Waals surface area (Å²) >= 11 is 0. The zero-order valence-corrected chi connectivity index (χ0v) is 6.24. The summed E-state index contributed by atoms with van der Waals surface area (Å²) in [6.07, 6.45) is -2.83. The van der Waals surface area contributed by atoms with Crippen LogP contribution in [0.15, 0.2) is 12.3 Å². The summed E-state index contributed by atoms with van der Waals surface area (Å²) < 4.78 is 37.4. The van der Waals surface area contributed by atoms with Gasteiger partial charge in [0.2, 0.25) is 0 Å². The Kier molecular flexibility index (Phi) is 1.70. The summed E-state index contributed by atoms with van der Waals surface area (Å²) in [4.78, 5) is 0. The predicted octanol–water partition coefficient (Wildman–Crippen LogP) is 2.35. The summed E-state index contributed by atoms with van der Waals surface area (Å²) in [5, 5.41) is 0. The lowest BCUT2D eigenvalue weighted by molar-refractivity contribution is -0.143. The molecule has 1 aromatic heterocycles. The maximum atomic E-state index is 12.1. The first-order valence-corrected chi connectivity index (χ1v) is 3.12. The topological polar surface area (TPSA) is 4.93 Å². The Balaban J connectivity index is 3.21. The lowest BCUT2D eigenvalue weighted by Gasteiger charge is -2.08. The summed E-state index contributed by atoms with van der Waals surface area (Å²) in [7, 11) is 1.38. The van der Waals surface area contributed by atoms with Crippen molar-refractivity contribution < 1.29 is 13.2 Å². The maximum absolute atomic E-state index is 12.1. The van der Waals surface area contributed by atoms with Crippen LogP contribution in [0.2, 0.25) is 0 Å². The van der Waals surface area contributed by atoms with Crippen LogP contribution in [0.4, 0.5) is 13.2 Å². The van der Waals surface area contributed by atoms with E-state index in [4.69, 9.17) is 0 Å². The van der Waals surface area contributed by atoms with E-state index >= 15 is 0 Å². The highest BCUT2D eigenvalue weighted by atomic mass is 19.4. The van der Waals surface area contributed by atoms with Crippen LogP contribution in [-0.4, -0.2) is 4.57 Å². The maximum Gasteiger partial charge on any atom is 0.431 e. The van der Waals surface area contributed by atoms with Crippen molar-refractivity contribution >= 4 is 0 Å². The Labute approximate surface area is 62.4 Å². The number of hydrogen-bond acceptors (Lipinski definition) is 0. The van der Waals surface area contributed by atoms with E-state index in [0.717, 1.165) is 4.57 Å². The van der Waals surface area contributed by atoms with E-state index in [1.165, 1.54) is 26.2 Å². The smallest absolute Gasteiger partial charge is 0.347 e. The Morgan fingerprint density at radius 3 is 2.09 bits per heavy atom. The van der Waals surface area contributed by atoms with E-state index in [9.17, 15) is 13.2 Å². The molecule has 1 aromatic rings. The molecule has 1 heterocycles. The number of alkyl halides is 3. The largest absolute Gasteiger partial charge is 0.431 e. The third kappa shape index (κ3) is 1.39. The molecule has 0 radical (unpaired) electrons. The Morgan fingerprint density at radius 1 is 1.36 bits per heavy atom. The van der Waals surface area contributed by atoms with Crippen molar-refractivity contribution in [3.8, 4) is 0 Å². The first kappa shape index (κ1) is 8.17. The van der Waals surface area contributed by atoms with Crippen molar-refractivity contribution in [2.75, 3.05) is 0 Å². The van der Waals surface area contributed by atoms with Crippen LogP contribution in [0.25, 0.3) is 0 Å². The van der Waals surface area contributed by atoms with E-state index in [-0.39, 0.29) is 5.56 Å². The van der Waals surface area contributed by atoms with Crippen molar-refractivity contribution in [2.45, 2.75) is 13.1 Å². The van der Waals surface area contributed by atoms with Crippen LogP contribution in [0.5, 0.6) is 0 Å². The highest BCUT2D eigenvalue weighted by Gasteiger charge is 2.34. The van der Waals surface area contributed by atoms with E-state index in [1.807, 2.05) is 0 Å². The second kappa shape index (κ2) is 2.29. The fraction of sp³-hybridized carbons (Fsp3) is 0.429. The van der Waals surface area contributed by atoms with Gasteiger partial charge in [0, 0.05) is 13.2 Å². The average molecular weight is 163 g/mol. The number of nitrogens with zero attached hydrogens (tertiary/aromatic N) is 1. The van der Waals surface area contributed by atoms with Gasteiger partial charge in [-0.15, -0.1) is 0 Å². The molecule has 0 aliphatic carbocycles. The van der Waals surface area contributed by atoms with E-state index < -0.39 is 11.9 Å². The number of halogens is 3. The van der Waals surface area contributed by atoms with Crippen LogP contribution < -0.4 is 0 Å². The van der Waals surface area contributed by atoms with Gasteiger partial charge in [0.25, 0.3) is 0 Å². The van der Waals surface area contributed by atoms with Gasteiger partial charge in [-0.05, 0) is 18.6 Å². The van der Waals surface area contributed by atoms with Gasteiger partial charge in [-0.1, -0.05) is 0 Å². The van der Waals surface area contributed by atoms with Crippen molar-refractivity contribution in [1.82, 2.24) is 4.57 Å². The fourth-order valence-corrected chi connectivity index (χ4v) is 1.08. The van der Waals surface area contributed by atoms with E-state index in [1.54, 1.807) is 0 Å². The van der Waals surface area contributed by atoms with Crippen LogP contribution in [-0.2, 0) is 13.2 Å². The van der Waals surface area contributed by atoms with E-state index in [0.29, 0.717) is 0 Å². The summed E-state index contributed by atoms with van der Waals surface area (Å²) in [6, 6.07) is 1.45. The summed E-state index contributed by atoms with van der Waals surface area (Å²) in [6.45, 7) is 1.45. The molecule has 0 bridgehead atoms. The number of aryl methyl sites for hydroxylation is 2. The first-order chi connectivity index (χ1) is 4.93. The first-order valence-electron chi connectivity index (χ1n) is 3.12. The standard InChI is InChI=1S/C7H8F3N/c1-5-3-4-11(2)6(5)7(8,9)10/h3-4H,1-2H3. The minimum absolute atomic E-state index is 0.264. The SMILES string of the molecule is Cc1ccn(C)c1C(F)(F)F. The van der Waals surface area contributed by atoms with Crippen LogP contribution >= 0.6 is 0 Å². The number of hydrogen-bond donors (Lipinski definition) is 0. The molecule has 0 spiro atoms. The van der Waals surface area contributed by atoms with Gasteiger partial charge >= 0.3 is 6.18 Å². The second-order valence-corrected chi connectivity index (χ2v) is 2.46. The van der Waals surface area contributed by atoms with Gasteiger partial charge < -0.3 is 4.57 Å². The monoisotopic (exact) mass is 163 g/mol. The van der Waals surface area contributed by atoms with Crippen LogP contribution in [0.3, 0.4) is 0 Å². The normalized spacial score (nSPS) is 12.1. The lowest BCUT2D eigenvalue weighted by atomic mass is 10.3. The Bertz CT molecular complexity index is 240. The van der Waals surface area contributed by atoms with Gasteiger partial charge in [0.05, 0.1) is 0 Å². The molecule has 1 rings (SSSR count). The van der Waals surface area contributed by atoms with E-state index in [2.05, 4.69) is 0 Å². The molecule has 0 N–H and O–H groups in total. The predicted molar refractivity (Wildman–Crippen MR) is 35.2 cm³/mol. The minimum atomic E-state index is -4.23. The zero-order chi connectivity index (χ0) is 8.65. The molecule has 0 unspecified atom stereocenters. The summed E-state index contributed by atoms with van der Waals surface area (Å²) in [5.74, 6) is 0. The Hall–Kier alpha value is -0.930. The Morgan fingerprint density at radius 2 is 1.91 bits per heavy atom. The molecule has 1 nitrogen and oxygen atoms in total. The van der Waals surface area contributed by atoms with Gasteiger partial charge in [-0.25, -0.2) is 0 Å². The molecular weight excluding hydrogens is 155 g/mol. The van der Waals surface area contributed by atoms with Gasteiger partial charge in [0.15, 0.2) is 0 Å². The highest BCUT2D eigenvalue weighted by molar-refractivity contribution is 5.22. The third-order valence-electron chi connectivity index (χ3n) is 1.54. The quantitative estimate of drug-likeness (QED) is 0.553. The van der Waals surface area contributed by atoms with Crippen molar-refractivity contribution in [3.63, 3.8) is 0 Å². The van der Waals surface area contributed by atoms with Crippen LogP contribution in [0, 0.1) is 6.92 Å². The molecular formula is C7H8F3N. The molecule has 0 amide bonds. The molecule has 11 heavy (non-hydrogen) atoms. The molecule has 4 heteroatoms. The van der Waals surface area contributed by atoms with Crippen molar-refractivity contribution in [1.29, 1.82) is 0 Å². The van der Waals surface area contributed by atoms with Gasteiger partial charge in [-0.2, -0.15) is 13.2 Å². The van der Waals surface area contributed by atoms with Crippen molar-refractivity contribution in [2.24, 2.45) is 7.05 Å². The third-order valence-corrected chi connectivity index (χ3v) is 1.54. The van der Waals surface area contributed by atoms with Gasteiger partial charge in [0.1, 0.15) is 5.69 Å². The number of aromatic nitrogens is 1. The minimum Gasteiger partial charge on any atom is -0.347 e. The second-order valence-electron chi connectivity index (χ2n) is 2.46. The lowest BCUT2D eigenvalue weighted by Crippen LogP contribution is -2.11. The molecule has 0 aromatic carbocycles. The molecule has 0 aliphatic heterocycles. The van der Waals surface area contributed by atoms with Crippen LogP contribution in [0.1, 0.15) is 11.3 Å². The molecule has 0 atom stereocenters. The van der Waals surface area contributed by atoms with Crippen molar-refractivity contribution in [3.05, 3.63) is 23.5 Å². The fourth-order valence-electron chi connectivity index (χ4n) is 1.08. The molecule has 62 valence electrons. The highest BCUT2D eigenvalue weighted by Crippen LogP contribution is 2.31. The van der Waals surface area contributed by atoms with Gasteiger partial charge in [-0.3, -0.25) is 0 Å². The average Bonchev–Trinajstić information content (AvgIpc) is 2.08.